The van der Waals surface area contributed by atoms with Gasteiger partial charge in [-0.3, -0.25) is 9.69 Å². The van der Waals surface area contributed by atoms with E-state index in [1.807, 2.05) is 25.1 Å². The van der Waals surface area contributed by atoms with Crippen LogP contribution in [0.3, 0.4) is 0 Å². The summed E-state index contributed by atoms with van der Waals surface area (Å²) in [6.45, 7) is 2.79. The molecule has 0 unspecified atom stereocenters. The zero-order valence-corrected chi connectivity index (χ0v) is 12.3. The van der Waals surface area contributed by atoms with Crippen molar-refractivity contribution in [3.05, 3.63) is 29.3 Å². The summed E-state index contributed by atoms with van der Waals surface area (Å²) in [5.41, 5.74) is 1.02. The quantitative estimate of drug-likeness (QED) is 0.938. The van der Waals surface area contributed by atoms with Crippen LogP contribution in [0.1, 0.15) is 37.2 Å². The molecule has 5 heteroatoms. The SMILES string of the molecule is CC[C@@H](C(=O)O)N1CCC[C@H]1c1nc2ccccc2s1. The molecule has 3 rings (SSSR count). The first-order chi connectivity index (χ1) is 9.70. The Kier molecular flexibility index (Phi) is 3.72. The van der Waals surface area contributed by atoms with E-state index < -0.39 is 12.0 Å². The van der Waals surface area contributed by atoms with E-state index in [0.717, 1.165) is 29.9 Å². The number of aliphatic carboxylic acids is 1. The standard InChI is InChI=1S/C15H18N2O2S/c1-2-11(15(18)19)17-9-5-7-12(17)14-16-10-6-3-4-8-13(10)20-14/h3-4,6,8,11-12H,2,5,7,9H2,1H3,(H,18,19)/t11-,12-/m0/s1. The maximum atomic E-state index is 11.4. The summed E-state index contributed by atoms with van der Waals surface area (Å²) in [5, 5.41) is 10.4. The topological polar surface area (TPSA) is 53.4 Å². The molecule has 0 amide bonds. The van der Waals surface area contributed by atoms with Crippen molar-refractivity contribution in [2.45, 2.75) is 38.3 Å². The number of hydrogen-bond donors (Lipinski definition) is 1. The van der Waals surface area contributed by atoms with Crippen LogP contribution in [0.5, 0.6) is 0 Å². The van der Waals surface area contributed by atoms with Gasteiger partial charge in [-0.05, 0) is 37.9 Å². The van der Waals surface area contributed by atoms with Crippen LogP contribution < -0.4 is 0 Å². The Balaban J connectivity index is 1.93. The number of hydrogen-bond acceptors (Lipinski definition) is 4. The van der Waals surface area contributed by atoms with Crippen molar-refractivity contribution >= 4 is 27.5 Å². The normalized spacial score (nSPS) is 21.4. The Morgan fingerprint density at radius 1 is 1.55 bits per heavy atom. The number of aromatic nitrogens is 1. The molecule has 0 spiro atoms. The minimum atomic E-state index is -0.722. The lowest BCUT2D eigenvalue weighted by Crippen LogP contribution is -2.40. The molecule has 1 aliphatic rings. The summed E-state index contributed by atoms with van der Waals surface area (Å²) in [6.07, 6.45) is 2.69. The first-order valence-electron chi connectivity index (χ1n) is 7.04. The highest BCUT2D eigenvalue weighted by molar-refractivity contribution is 7.18. The van der Waals surface area contributed by atoms with Crippen molar-refractivity contribution in [3.63, 3.8) is 0 Å². The third kappa shape index (κ3) is 2.31. The predicted molar refractivity (Wildman–Crippen MR) is 80.0 cm³/mol. The van der Waals surface area contributed by atoms with Crippen LogP contribution in [0, 0.1) is 0 Å². The molecule has 1 aliphatic heterocycles. The van der Waals surface area contributed by atoms with Gasteiger partial charge in [-0.25, -0.2) is 4.98 Å². The van der Waals surface area contributed by atoms with Crippen LogP contribution in [-0.2, 0) is 4.79 Å². The molecule has 4 nitrogen and oxygen atoms in total. The molecular formula is C15H18N2O2S. The molecule has 2 aromatic rings. The average molecular weight is 290 g/mol. The summed E-state index contributed by atoms with van der Waals surface area (Å²) >= 11 is 1.69. The van der Waals surface area contributed by atoms with Crippen molar-refractivity contribution < 1.29 is 9.90 Å². The number of thiazole rings is 1. The van der Waals surface area contributed by atoms with E-state index in [1.165, 1.54) is 4.70 Å². The molecular weight excluding hydrogens is 272 g/mol. The van der Waals surface area contributed by atoms with E-state index in [9.17, 15) is 9.90 Å². The molecule has 1 aromatic carbocycles. The van der Waals surface area contributed by atoms with E-state index >= 15 is 0 Å². The Bertz CT molecular complexity index is 592. The van der Waals surface area contributed by atoms with Crippen molar-refractivity contribution in [2.75, 3.05) is 6.54 Å². The molecule has 106 valence electrons. The Hall–Kier alpha value is -1.46. The minimum Gasteiger partial charge on any atom is -0.480 e. The lowest BCUT2D eigenvalue weighted by molar-refractivity contribution is -0.143. The summed E-state index contributed by atoms with van der Waals surface area (Å²) < 4.78 is 1.18. The molecule has 1 N–H and O–H groups in total. The van der Waals surface area contributed by atoms with Gasteiger partial charge in [-0.15, -0.1) is 11.3 Å². The molecule has 2 heterocycles. The van der Waals surface area contributed by atoms with Gasteiger partial charge in [-0.2, -0.15) is 0 Å². The van der Waals surface area contributed by atoms with Gasteiger partial charge >= 0.3 is 5.97 Å². The van der Waals surface area contributed by atoms with E-state index in [2.05, 4.69) is 11.0 Å². The fraction of sp³-hybridized carbons (Fsp3) is 0.467. The average Bonchev–Trinajstić information content (AvgIpc) is 3.04. The largest absolute Gasteiger partial charge is 0.480 e. The number of nitrogens with zero attached hydrogens (tertiary/aromatic N) is 2. The molecule has 0 saturated carbocycles. The monoisotopic (exact) mass is 290 g/mol. The first-order valence-corrected chi connectivity index (χ1v) is 7.86. The van der Waals surface area contributed by atoms with Crippen LogP contribution in [0.2, 0.25) is 0 Å². The summed E-state index contributed by atoms with van der Waals surface area (Å²) in [7, 11) is 0. The van der Waals surface area contributed by atoms with Crippen LogP contribution in [0.25, 0.3) is 10.2 Å². The zero-order chi connectivity index (χ0) is 14.1. The molecule has 0 bridgehead atoms. The van der Waals surface area contributed by atoms with Crippen molar-refractivity contribution in [1.29, 1.82) is 0 Å². The number of para-hydroxylation sites is 1. The minimum absolute atomic E-state index is 0.161. The van der Waals surface area contributed by atoms with Crippen LogP contribution in [0.15, 0.2) is 24.3 Å². The lowest BCUT2D eigenvalue weighted by Gasteiger charge is -2.28. The zero-order valence-electron chi connectivity index (χ0n) is 11.5. The van der Waals surface area contributed by atoms with E-state index in [4.69, 9.17) is 4.98 Å². The molecule has 20 heavy (non-hydrogen) atoms. The highest BCUT2D eigenvalue weighted by atomic mass is 32.1. The third-order valence-electron chi connectivity index (χ3n) is 3.96. The maximum Gasteiger partial charge on any atom is 0.320 e. The maximum absolute atomic E-state index is 11.4. The number of fused-ring (bicyclic) bond motifs is 1. The van der Waals surface area contributed by atoms with Gasteiger partial charge in [0.25, 0.3) is 0 Å². The number of carboxylic acids is 1. The molecule has 0 radical (unpaired) electrons. The van der Waals surface area contributed by atoms with Gasteiger partial charge in [0.05, 0.1) is 16.3 Å². The molecule has 1 saturated heterocycles. The highest BCUT2D eigenvalue weighted by Crippen LogP contribution is 2.38. The fourth-order valence-corrected chi connectivity index (χ4v) is 4.13. The highest BCUT2D eigenvalue weighted by Gasteiger charge is 2.36. The lowest BCUT2D eigenvalue weighted by atomic mass is 10.1. The molecule has 2 atom stereocenters. The van der Waals surface area contributed by atoms with Crippen LogP contribution in [-0.4, -0.2) is 33.5 Å². The fourth-order valence-electron chi connectivity index (χ4n) is 3.01. The van der Waals surface area contributed by atoms with E-state index in [-0.39, 0.29) is 6.04 Å². The number of carbonyl (C=O) groups is 1. The number of benzene rings is 1. The first kappa shape index (κ1) is 13.5. The Morgan fingerprint density at radius 3 is 3.05 bits per heavy atom. The van der Waals surface area contributed by atoms with Crippen molar-refractivity contribution in [1.82, 2.24) is 9.88 Å². The third-order valence-corrected chi connectivity index (χ3v) is 5.10. The molecule has 1 aromatic heterocycles. The van der Waals surface area contributed by atoms with Crippen LogP contribution >= 0.6 is 11.3 Å². The Labute approximate surface area is 122 Å². The smallest absolute Gasteiger partial charge is 0.320 e. The van der Waals surface area contributed by atoms with E-state index in [0.29, 0.717) is 6.42 Å². The van der Waals surface area contributed by atoms with E-state index in [1.54, 1.807) is 11.3 Å². The van der Waals surface area contributed by atoms with Gasteiger partial charge < -0.3 is 5.11 Å². The summed E-state index contributed by atoms with van der Waals surface area (Å²) in [4.78, 5) is 18.2. The number of rotatable bonds is 4. The second kappa shape index (κ2) is 5.50. The second-order valence-corrected chi connectivity index (χ2v) is 6.24. The van der Waals surface area contributed by atoms with Gasteiger partial charge in [0, 0.05) is 0 Å². The number of likely N-dealkylation sites (tertiary alicyclic amines) is 1. The van der Waals surface area contributed by atoms with Crippen molar-refractivity contribution in [2.24, 2.45) is 0 Å². The van der Waals surface area contributed by atoms with Crippen LogP contribution in [0.4, 0.5) is 0 Å². The second-order valence-electron chi connectivity index (χ2n) is 5.18. The summed E-state index contributed by atoms with van der Waals surface area (Å²) in [5.74, 6) is -0.722. The number of carboxylic acid groups (broad SMARTS) is 1. The van der Waals surface area contributed by atoms with Crippen molar-refractivity contribution in [3.8, 4) is 0 Å². The molecule has 1 fully saturated rings. The molecule has 0 aliphatic carbocycles. The predicted octanol–water partition coefficient (Wildman–Crippen LogP) is 3.30. The van der Waals surface area contributed by atoms with Gasteiger partial charge in [0.2, 0.25) is 0 Å². The van der Waals surface area contributed by atoms with Gasteiger partial charge in [0.1, 0.15) is 11.0 Å². The van der Waals surface area contributed by atoms with Gasteiger partial charge in [-0.1, -0.05) is 19.1 Å². The van der Waals surface area contributed by atoms with Gasteiger partial charge in [0.15, 0.2) is 0 Å². The Morgan fingerprint density at radius 2 is 2.35 bits per heavy atom. The summed E-state index contributed by atoms with van der Waals surface area (Å²) in [6, 6.07) is 7.86.